The molecule has 0 aromatic heterocycles. The highest BCUT2D eigenvalue weighted by atomic mass is 16.5. The van der Waals surface area contributed by atoms with Crippen molar-refractivity contribution in [3.63, 3.8) is 0 Å². The third-order valence-corrected chi connectivity index (χ3v) is 3.18. The van der Waals surface area contributed by atoms with Crippen LogP contribution in [0.4, 0.5) is 0 Å². The Labute approximate surface area is 137 Å². The van der Waals surface area contributed by atoms with Gasteiger partial charge >= 0.3 is 0 Å². The number of nitrogens with zero attached hydrogens (tertiary/aromatic N) is 1. The zero-order chi connectivity index (χ0) is 16.7. The van der Waals surface area contributed by atoms with Crippen LogP contribution in [0.25, 0.3) is 0 Å². The van der Waals surface area contributed by atoms with Crippen LogP contribution in [0.3, 0.4) is 0 Å². The minimum Gasteiger partial charge on any atom is -0.490 e. The van der Waals surface area contributed by atoms with Crippen molar-refractivity contribution in [2.45, 2.75) is 20.8 Å². The van der Waals surface area contributed by atoms with E-state index in [2.05, 4.69) is 12.1 Å². The molecule has 0 amide bonds. The molecule has 0 unspecified atom stereocenters. The van der Waals surface area contributed by atoms with Crippen molar-refractivity contribution < 1.29 is 14.2 Å². The van der Waals surface area contributed by atoms with Gasteiger partial charge in [0.25, 0.3) is 0 Å². The van der Waals surface area contributed by atoms with Gasteiger partial charge < -0.3 is 14.2 Å². The van der Waals surface area contributed by atoms with Gasteiger partial charge in [-0.1, -0.05) is 6.07 Å². The highest BCUT2D eigenvalue weighted by Gasteiger charge is 2.06. The molecule has 0 saturated heterocycles. The first kappa shape index (κ1) is 16.7. The van der Waals surface area contributed by atoms with Crippen molar-refractivity contribution in [1.82, 2.24) is 0 Å². The van der Waals surface area contributed by atoms with Gasteiger partial charge in [-0.25, -0.2) is 0 Å². The number of rotatable bonds is 7. The van der Waals surface area contributed by atoms with Crippen molar-refractivity contribution in [1.29, 1.82) is 5.26 Å². The molecule has 0 aliphatic heterocycles. The van der Waals surface area contributed by atoms with Crippen LogP contribution in [0.1, 0.15) is 23.6 Å². The monoisotopic (exact) mass is 311 g/mol. The van der Waals surface area contributed by atoms with Gasteiger partial charge in [0, 0.05) is 6.07 Å². The van der Waals surface area contributed by atoms with Crippen LogP contribution in [0.5, 0.6) is 17.2 Å². The third kappa shape index (κ3) is 4.93. The van der Waals surface area contributed by atoms with Crippen LogP contribution in [0.15, 0.2) is 36.4 Å². The molecule has 0 heterocycles. The first-order valence-corrected chi connectivity index (χ1v) is 7.63. The third-order valence-electron chi connectivity index (χ3n) is 3.18. The largest absolute Gasteiger partial charge is 0.490 e. The van der Waals surface area contributed by atoms with Gasteiger partial charge in [0.2, 0.25) is 0 Å². The summed E-state index contributed by atoms with van der Waals surface area (Å²) in [6, 6.07) is 13.3. The number of aryl methyl sites for hydroxylation is 2. The van der Waals surface area contributed by atoms with Gasteiger partial charge in [0.15, 0.2) is 11.5 Å². The SMILES string of the molecule is CCOc1cc(C#N)ccc1OCCOc1cc(C)cc(C)c1. The number of hydrogen-bond donors (Lipinski definition) is 0. The van der Waals surface area contributed by atoms with E-state index in [9.17, 15) is 0 Å². The molecule has 0 atom stereocenters. The predicted molar refractivity (Wildman–Crippen MR) is 89.2 cm³/mol. The van der Waals surface area contributed by atoms with Crippen molar-refractivity contribution in [2.24, 2.45) is 0 Å². The van der Waals surface area contributed by atoms with Crippen molar-refractivity contribution in [3.05, 3.63) is 53.1 Å². The van der Waals surface area contributed by atoms with E-state index in [0.717, 1.165) is 5.75 Å². The second-order valence-electron chi connectivity index (χ2n) is 5.23. The van der Waals surface area contributed by atoms with E-state index in [1.807, 2.05) is 32.9 Å². The fourth-order valence-electron chi connectivity index (χ4n) is 2.29. The first-order chi connectivity index (χ1) is 11.1. The molecule has 0 saturated carbocycles. The highest BCUT2D eigenvalue weighted by Crippen LogP contribution is 2.28. The lowest BCUT2D eigenvalue weighted by Gasteiger charge is -2.13. The standard InChI is InChI=1S/C19H21NO3/c1-4-21-19-12-16(13-20)5-6-18(19)23-8-7-22-17-10-14(2)9-15(3)11-17/h5-6,9-12H,4,7-8H2,1-3H3. The molecule has 4 nitrogen and oxygen atoms in total. The first-order valence-electron chi connectivity index (χ1n) is 7.63. The van der Waals surface area contributed by atoms with E-state index in [4.69, 9.17) is 19.5 Å². The molecule has 23 heavy (non-hydrogen) atoms. The average Bonchev–Trinajstić information content (AvgIpc) is 2.52. The lowest BCUT2D eigenvalue weighted by molar-refractivity contribution is 0.208. The number of ether oxygens (including phenoxy) is 3. The second kappa shape index (κ2) is 8.09. The molecule has 0 fully saturated rings. The summed E-state index contributed by atoms with van der Waals surface area (Å²) in [7, 11) is 0. The summed E-state index contributed by atoms with van der Waals surface area (Å²) >= 11 is 0. The molecule has 120 valence electrons. The van der Waals surface area contributed by atoms with Gasteiger partial charge in [-0.3, -0.25) is 0 Å². The Hall–Kier alpha value is -2.67. The van der Waals surface area contributed by atoms with E-state index in [-0.39, 0.29) is 0 Å². The summed E-state index contributed by atoms with van der Waals surface area (Å²) in [5.74, 6) is 2.05. The number of benzene rings is 2. The van der Waals surface area contributed by atoms with Crippen LogP contribution in [-0.2, 0) is 0 Å². The Morgan fingerprint density at radius 3 is 2.22 bits per heavy atom. The topological polar surface area (TPSA) is 51.5 Å². The molecule has 4 heteroatoms. The highest BCUT2D eigenvalue weighted by molar-refractivity contribution is 5.46. The maximum atomic E-state index is 8.94. The molecule has 0 N–H and O–H groups in total. The summed E-state index contributed by atoms with van der Waals surface area (Å²) in [4.78, 5) is 0. The van der Waals surface area contributed by atoms with Crippen LogP contribution >= 0.6 is 0 Å². The van der Waals surface area contributed by atoms with E-state index >= 15 is 0 Å². The maximum Gasteiger partial charge on any atom is 0.162 e. The maximum absolute atomic E-state index is 8.94. The second-order valence-corrected chi connectivity index (χ2v) is 5.23. The Morgan fingerprint density at radius 2 is 1.57 bits per heavy atom. The predicted octanol–water partition coefficient (Wildman–Crippen LogP) is 4.03. The quantitative estimate of drug-likeness (QED) is 0.724. The normalized spacial score (nSPS) is 10.0. The smallest absolute Gasteiger partial charge is 0.162 e. The van der Waals surface area contributed by atoms with Gasteiger partial charge in [-0.2, -0.15) is 5.26 Å². The Morgan fingerprint density at radius 1 is 0.870 bits per heavy atom. The Bertz CT molecular complexity index is 684. The molecular weight excluding hydrogens is 290 g/mol. The lowest BCUT2D eigenvalue weighted by Crippen LogP contribution is -2.10. The fourth-order valence-corrected chi connectivity index (χ4v) is 2.29. The minimum absolute atomic E-state index is 0.402. The Balaban J connectivity index is 1.92. The van der Waals surface area contributed by atoms with Crippen molar-refractivity contribution >= 4 is 0 Å². The number of hydrogen-bond acceptors (Lipinski definition) is 4. The molecule has 2 aromatic rings. The molecule has 0 aliphatic rings. The Kier molecular flexibility index (Phi) is 5.87. The van der Waals surface area contributed by atoms with Gasteiger partial charge in [-0.05, 0) is 56.2 Å². The molecular formula is C19H21NO3. The minimum atomic E-state index is 0.402. The molecule has 0 aliphatic carbocycles. The van der Waals surface area contributed by atoms with Crippen LogP contribution in [-0.4, -0.2) is 19.8 Å². The summed E-state index contributed by atoms with van der Waals surface area (Å²) in [5.41, 5.74) is 2.89. The summed E-state index contributed by atoms with van der Waals surface area (Å²) in [5, 5.41) is 8.94. The van der Waals surface area contributed by atoms with Crippen LogP contribution < -0.4 is 14.2 Å². The van der Waals surface area contributed by atoms with Crippen molar-refractivity contribution in [2.75, 3.05) is 19.8 Å². The molecule has 0 radical (unpaired) electrons. The molecule has 0 spiro atoms. The fraction of sp³-hybridized carbons (Fsp3) is 0.316. The van der Waals surface area contributed by atoms with Crippen molar-refractivity contribution in [3.8, 4) is 23.3 Å². The lowest BCUT2D eigenvalue weighted by atomic mass is 10.1. The average molecular weight is 311 g/mol. The van der Waals surface area contributed by atoms with Crippen LogP contribution in [0, 0.1) is 25.2 Å². The van der Waals surface area contributed by atoms with Gasteiger partial charge in [0.1, 0.15) is 19.0 Å². The van der Waals surface area contributed by atoms with E-state index in [0.29, 0.717) is 36.9 Å². The van der Waals surface area contributed by atoms with Gasteiger partial charge in [-0.15, -0.1) is 0 Å². The summed E-state index contributed by atoms with van der Waals surface area (Å²) in [6.45, 7) is 7.34. The zero-order valence-corrected chi connectivity index (χ0v) is 13.8. The van der Waals surface area contributed by atoms with Gasteiger partial charge in [0.05, 0.1) is 18.2 Å². The van der Waals surface area contributed by atoms with E-state index in [1.54, 1.807) is 18.2 Å². The summed E-state index contributed by atoms with van der Waals surface area (Å²) < 4.78 is 16.9. The zero-order valence-electron chi connectivity index (χ0n) is 13.8. The number of nitriles is 1. The van der Waals surface area contributed by atoms with E-state index in [1.165, 1.54) is 11.1 Å². The molecule has 0 bridgehead atoms. The summed E-state index contributed by atoms with van der Waals surface area (Å²) in [6.07, 6.45) is 0. The van der Waals surface area contributed by atoms with E-state index < -0.39 is 0 Å². The molecule has 2 rings (SSSR count). The van der Waals surface area contributed by atoms with Crippen LogP contribution in [0.2, 0.25) is 0 Å². The molecule has 2 aromatic carbocycles.